The lowest BCUT2D eigenvalue weighted by Crippen LogP contribution is -2.04. The van der Waals surface area contributed by atoms with E-state index in [2.05, 4.69) is 31.5 Å². The number of aromatic hydroxyl groups is 1. The Morgan fingerprint density at radius 3 is 2.73 bits per heavy atom. The Morgan fingerprint density at radius 2 is 2.00 bits per heavy atom. The molecule has 0 bridgehead atoms. The van der Waals surface area contributed by atoms with Crippen molar-refractivity contribution < 1.29 is 14.2 Å². The van der Waals surface area contributed by atoms with Gasteiger partial charge >= 0.3 is 0 Å². The van der Waals surface area contributed by atoms with Gasteiger partial charge in [-0.25, -0.2) is 4.39 Å². The van der Waals surface area contributed by atoms with Gasteiger partial charge in [0.05, 0.1) is 24.2 Å². The molecule has 1 heterocycles. The molecule has 0 spiro atoms. The highest BCUT2D eigenvalue weighted by atomic mass is 79.9. The molecule has 2 N–H and O–H groups in total. The third-order valence-corrected chi connectivity index (χ3v) is 5.87. The molecule has 0 atom stereocenters. The molecule has 0 aliphatic carbocycles. The van der Waals surface area contributed by atoms with E-state index in [-0.39, 0.29) is 29.0 Å². The maximum absolute atomic E-state index is 14.2. The molecule has 10 heteroatoms. The fourth-order valence-electron chi connectivity index (χ4n) is 3.34. The smallest absolute Gasteiger partial charge is 0.221 e. The molecule has 0 unspecified atom stereocenters. The lowest BCUT2D eigenvalue weighted by atomic mass is 10.2. The zero-order valence-electron chi connectivity index (χ0n) is 17.2. The zero-order valence-corrected chi connectivity index (χ0v) is 20.4. The van der Waals surface area contributed by atoms with E-state index in [0.29, 0.717) is 32.9 Å². The Morgan fingerprint density at radius 1 is 1.21 bits per heavy atom. The molecule has 3 aromatic carbocycles. The van der Waals surface area contributed by atoms with Crippen LogP contribution in [0.15, 0.2) is 75.4 Å². The number of fused-ring (bicyclic) bond motifs is 1. The monoisotopic (exact) mass is 546 g/mol. The topological polar surface area (TPSA) is 71.1 Å². The van der Waals surface area contributed by atoms with Gasteiger partial charge in [-0.1, -0.05) is 45.7 Å². The van der Waals surface area contributed by atoms with E-state index in [0.717, 1.165) is 4.47 Å². The highest BCUT2D eigenvalue weighted by Crippen LogP contribution is 2.40. The molecule has 0 saturated heterocycles. The Bertz CT molecular complexity index is 1390. The minimum absolute atomic E-state index is 0.0700. The molecule has 0 amide bonds. The number of rotatable bonds is 5. The summed E-state index contributed by atoms with van der Waals surface area (Å²) in [5.41, 5.74) is 1.94. The van der Waals surface area contributed by atoms with Gasteiger partial charge < -0.3 is 19.7 Å². The van der Waals surface area contributed by atoms with Crippen LogP contribution in [-0.4, -0.2) is 21.9 Å². The molecule has 6 nitrogen and oxygen atoms in total. The van der Waals surface area contributed by atoms with Gasteiger partial charge in [-0.15, -0.1) is 10.2 Å². The third-order valence-electron chi connectivity index (χ3n) is 4.90. The number of nitrogens with zero attached hydrogens (tertiary/aromatic N) is 3. The van der Waals surface area contributed by atoms with Crippen LogP contribution >= 0.6 is 39.7 Å². The van der Waals surface area contributed by atoms with E-state index >= 15 is 0 Å². The minimum Gasteiger partial charge on any atom is -0.495 e. The normalized spacial score (nSPS) is 11.3. The molecule has 0 aliphatic rings. The van der Waals surface area contributed by atoms with Crippen LogP contribution in [0.1, 0.15) is 5.56 Å². The lowest BCUT2D eigenvalue weighted by Gasteiger charge is -2.08. The van der Waals surface area contributed by atoms with E-state index in [1.807, 2.05) is 12.1 Å². The summed E-state index contributed by atoms with van der Waals surface area (Å²) in [6.07, 6.45) is 0. The van der Waals surface area contributed by atoms with Crippen molar-refractivity contribution in [2.75, 3.05) is 12.4 Å². The Kier molecular flexibility index (Phi) is 6.92. The number of benzene rings is 3. The van der Waals surface area contributed by atoms with Crippen molar-refractivity contribution in [3.05, 3.63) is 81.5 Å². The van der Waals surface area contributed by atoms with Crippen LogP contribution < -0.4 is 10.1 Å². The molecule has 0 saturated carbocycles. The van der Waals surface area contributed by atoms with Crippen LogP contribution in [0.4, 0.5) is 15.8 Å². The van der Waals surface area contributed by atoms with Gasteiger partial charge in [0.2, 0.25) is 11.0 Å². The molecule has 0 radical (unpaired) electrons. The first kappa shape index (κ1) is 23.2. The first-order valence-corrected chi connectivity index (χ1v) is 11.3. The molecule has 0 fully saturated rings. The van der Waals surface area contributed by atoms with Crippen LogP contribution in [0.2, 0.25) is 5.02 Å². The van der Waals surface area contributed by atoms with Crippen LogP contribution in [0.25, 0.3) is 10.9 Å². The highest BCUT2D eigenvalue weighted by Gasteiger charge is 2.18. The summed E-state index contributed by atoms with van der Waals surface area (Å²) in [5, 5.41) is 23.2. The fourth-order valence-corrected chi connectivity index (χ4v) is 4.12. The van der Waals surface area contributed by atoms with Crippen molar-refractivity contribution in [3.63, 3.8) is 0 Å². The van der Waals surface area contributed by atoms with Gasteiger partial charge in [0.1, 0.15) is 11.6 Å². The highest BCUT2D eigenvalue weighted by molar-refractivity contribution is 9.10. The SMILES string of the molecule is COc1ccc(NC(=S)N=Nc2c(O)n(Cc3ccccc3F)c3ccc(Br)cc23)cc1Cl. The van der Waals surface area contributed by atoms with Crippen molar-refractivity contribution in [2.24, 2.45) is 10.2 Å². The summed E-state index contributed by atoms with van der Waals surface area (Å²) < 4.78 is 21.7. The maximum Gasteiger partial charge on any atom is 0.221 e. The number of halogens is 3. The van der Waals surface area contributed by atoms with Gasteiger partial charge in [-0.05, 0) is 54.7 Å². The molecule has 0 aliphatic heterocycles. The standard InChI is InChI=1S/C23H17BrClFN4O2S/c1-32-20-9-7-15(11-17(20)25)27-23(33)29-28-21-16-10-14(24)6-8-19(16)30(22(21)31)12-13-4-2-3-5-18(13)26/h2-11,31H,12H2,1H3,(H,27,33). The van der Waals surface area contributed by atoms with E-state index < -0.39 is 0 Å². The number of ether oxygens (including phenoxy) is 1. The van der Waals surface area contributed by atoms with Crippen LogP contribution in [0.5, 0.6) is 11.6 Å². The predicted octanol–water partition coefficient (Wildman–Crippen LogP) is 7.44. The molecule has 4 rings (SSSR count). The second-order valence-electron chi connectivity index (χ2n) is 6.99. The van der Waals surface area contributed by atoms with E-state index in [1.54, 1.807) is 47.0 Å². The van der Waals surface area contributed by atoms with Gasteiger partial charge in [0, 0.05) is 21.1 Å². The van der Waals surface area contributed by atoms with Crippen LogP contribution in [0, 0.1) is 5.82 Å². The van der Waals surface area contributed by atoms with E-state index in [9.17, 15) is 9.50 Å². The maximum atomic E-state index is 14.2. The number of nitrogens with one attached hydrogen (secondary N) is 1. The number of anilines is 1. The first-order chi connectivity index (χ1) is 15.9. The lowest BCUT2D eigenvalue weighted by molar-refractivity contribution is 0.415. The average molecular weight is 548 g/mol. The van der Waals surface area contributed by atoms with Crippen molar-refractivity contribution in [3.8, 4) is 11.6 Å². The van der Waals surface area contributed by atoms with Crippen molar-refractivity contribution in [1.82, 2.24) is 4.57 Å². The summed E-state index contributed by atoms with van der Waals surface area (Å²) in [6.45, 7) is 0.124. The summed E-state index contributed by atoms with van der Waals surface area (Å²) in [7, 11) is 1.53. The summed E-state index contributed by atoms with van der Waals surface area (Å²) in [4.78, 5) is 0. The number of hydrogen-bond acceptors (Lipinski definition) is 4. The van der Waals surface area contributed by atoms with Gasteiger partial charge in [0.25, 0.3) is 0 Å². The summed E-state index contributed by atoms with van der Waals surface area (Å²) in [5.74, 6) is 0.0286. The largest absolute Gasteiger partial charge is 0.495 e. The minimum atomic E-state index is -0.359. The van der Waals surface area contributed by atoms with E-state index in [1.165, 1.54) is 13.2 Å². The van der Waals surface area contributed by atoms with Crippen molar-refractivity contribution in [2.45, 2.75) is 6.54 Å². The second-order valence-corrected chi connectivity index (χ2v) is 8.70. The van der Waals surface area contributed by atoms with Crippen molar-refractivity contribution >= 4 is 67.1 Å². The average Bonchev–Trinajstić information content (AvgIpc) is 3.04. The quantitative estimate of drug-likeness (QED) is 0.201. The van der Waals surface area contributed by atoms with Gasteiger partial charge in [-0.3, -0.25) is 0 Å². The summed E-state index contributed by atoms with van der Waals surface area (Å²) in [6, 6.07) is 16.9. The molecule has 33 heavy (non-hydrogen) atoms. The van der Waals surface area contributed by atoms with Crippen molar-refractivity contribution in [1.29, 1.82) is 0 Å². The molecular weight excluding hydrogens is 531 g/mol. The van der Waals surface area contributed by atoms with E-state index in [4.69, 9.17) is 28.6 Å². The number of methoxy groups -OCH3 is 1. The molecular formula is C23H17BrClFN4O2S. The molecule has 1 aromatic heterocycles. The number of thiocarbonyl (C=S) groups is 1. The predicted molar refractivity (Wildman–Crippen MR) is 136 cm³/mol. The second kappa shape index (κ2) is 9.86. The summed E-state index contributed by atoms with van der Waals surface area (Å²) >= 11 is 14.8. The number of hydrogen-bond donors (Lipinski definition) is 2. The molecule has 168 valence electrons. The van der Waals surface area contributed by atoms with Crippen LogP contribution in [0.3, 0.4) is 0 Å². The number of azo groups is 1. The third kappa shape index (κ3) is 5.00. The Balaban J connectivity index is 1.66. The fraction of sp³-hybridized carbons (Fsp3) is 0.0870. The zero-order chi connectivity index (χ0) is 23.5. The Hall–Kier alpha value is -3.01. The first-order valence-electron chi connectivity index (χ1n) is 9.67. The molecule has 4 aromatic rings. The number of aromatic nitrogens is 1. The van der Waals surface area contributed by atoms with Gasteiger partial charge in [0.15, 0.2) is 5.69 Å². The Labute approximate surface area is 207 Å². The van der Waals surface area contributed by atoms with Crippen LogP contribution in [-0.2, 0) is 6.54 Å². The van der Waals surface area contributed by atoms with Gasteiger partial charge in [-0.2, -0.15) is 0 Å².